The quantitative estimate of drug-likeness (QED) is 0.740. The molecule has 9 heteroatoms. The monoisotopic (exact) mass is 413 g/mol. The van der Waals surface area contributed by atoms with Crippen molar-refractivity contribution in [1.82, 2.24) is 15.4 Å². The van der Waals surface area contributed by atoms with Gasteiger partial charge in [-0.15, -0.1) is 0 Å². The minimum atomic E-state index is -3.13. The third kappa shape index (κ3) is 4.93. The summed E-state index contributed by atoms with van der Waals surface area (Å²) in [6.07, 6.45) is 2.86. The van der Waals surface area contributed by atoms with E-state index < -0.39 is 21.7 Å². The number of sulfone groups is 1. The van der Waals surface area contributed by atoms with Crippen LogP contribution in [0.2, 0.25) is 0 Å². The molecule has 0 aliphatic heterocycles. The summed E-state index contributed by atoms with van der Waals surface area (Å²) in [5, 5.41) is 0. The molecule has 0 bridgehead atoms. The summed E-state index contributed by atoms with van der Waals surface area (Å²) in [6.45, 7) is 0. The van der Waals surface area contributed by atoms with Crippen LogP contribution in [0.4, 0.5) is 0 Å². The molecule has 2 aromatic rings. The van der Waals surface area contributed by atoms with Crippen molar-refractivity contribution in [2.45, 2.75) is 5.75 Å². The maximum absolute atomic E-state index is 12.0. The Hall–Kier alpha value is -2.13. The van der Waals surface area contributed by atoms with Crippen molar-refractivity contribution in [3.05, 3.63) is 57.8 Å². The van der Waals surface area contributed by atoms with Gasteiger partial charge in [-0.25, -0.2) is 8.42 Å². The summed E-state index contributed by atoms with van der Waals surface area (Å²) in [4.78, 5) is 24.0. The van der Waals surface area contributed by atoms with Gasteiger partial charge in [0.2, 0.25) is 0 Å². The zero-order valence-corrected chi connectivity index (χ0v) is 15.4. The Morgan fingerprint density at radius 3 is 2.21 bits per heavy atom. The van der Waals surface area contributed by atoms with Gasteiger partial charge in [0.15, 0.2) is 9.84 Å². The Kier molecular flexibility index (Phi) is 5.45. The first kappa shape index (κ1) is 18.2. The largest absolute Gasteiger partial charge is 0.345 e. The van der Waals surface area contributed by atoms with E-state index in [4.69, 9.17) is 0 Å². The van der Waals surface area contributed by atoms with Gasteiger partial charge in [-0.1, -0.05) is 12.1 Å². The highest BCUT2D eigenvalue weighted by molar-refractivity contribution is 9.10. The molecule has 2 amide bonds. The lowest BCUT2D eigenvalue weighted by atomic mass is 10.1. The number of halogens is 1. The highest BCUT2D eigenvalue weighted by Gasteiger charge is 2.13. The van der Waals surface area contributed by atoms with Crippen LogP contribution in [0.15, 0.2) is 41.0 Å². The van der Waals surface area contributed by atoms with Crippen molar-refractivity contribution in [1.29, 1.82) is 0 Å². The maximum atomic E-state index is 12.0. The van der Waals surface area contributed by atoms with E-state index in [2.05, 4.69) is 26.8 Å². The van der Waals surface area contributed by atoms with Crippen molar-refractivity contribution >= 4 is 37.6 Å². The van der Waals surface area contributed by atoms with Crippen molar-refractivity contribution in [3.8, 4) is 0 Å². The van der Waals surface area contributed by atoms with E-state index in [1.54, 1.807) is 36.0 Å². The number of aryl methyl sites for hydroxylation is 1. The van der Waals surface area contributed by atoms with Gasteiger partial charge < -0.3 is 4.57 Å². The van der Waals surface area contributed by atoms with Crippen LogP contribution in [0.5, 0.6) is 0 Å². The number of carbonyl (C=O) groups excluding carboxylic acids is 2. The normalized spacial score (nSPS) is 11.1. The first-order valence-electron chi connectivity index (χ1n) is 6.85. The van der Waals surface area contributed by atoms with E-state index in [9.17, 15) is 18.0 Å². The van der Waals surface area contributed by atoms with E-state index in [1.165, 1.54) is 12.1 Å². The van der Waals surface area contributed by atoms with Gasteiger partial charge in [0.05, 0.1) is 5.75 Å². The topological polar surface area (TPSA) is 97.3 Å². The minimum Gasteiger partial charge on any atom is -0.345 e. The Balaban J connectivity index is 1.97. The first-order valence-corrected chi connectivity index (χ1v) is 9.70. The molecule has 0 atom stereocenters. The summed E-state index contributed by atoms with van der Waals surface area (Å²) in [5.41, 5.74) is 5.92. The molecule has 0 saturated heterocycles. The van der Waals surface area contributed by atoms with E-state index in [0.717, 1.165) is 10.7 Å². The lowest BCUT2D eigenvalue weighted by molar-refractivity contribution is 0.0842. The van der Waals surface area contributed by atoms with Crippen LogP contribution in [0.25, 0.3) is 0 Å². The number of nitrogens with one attached hydrogen (secondary N) is 2. The third-order valence-electron chi connectivity index (χ3n) is 3.14. The van der Waals surface area contributed by atoms with E-state index >= 15 is 0 Å². The molecule has 7 nitrogen and oxygen atoms in total. The maximum Gasteiger partial charge on any atom is 0.286 e. The fraction of sp³-hybridized carbons (Fsp3) is 0.200. The Morgan fingerprint density at radius 2 is 1.71 bits per heavy atom. The van der Waals surface area contributed by atoms with Gasteiger partial charge in [0, 0.05) is 29.5 Å². The van der Waals surface area contributed by atoms with E-state index in [1.807, 2.05) is 0 Å². The van der Waals surface area contributed by atoms with Crippen LogP contribution in [0.3, 0.4) is 0 Å². The fourth-order valence-electron chi connectivity index (χ4n) is 2.05. The van der Waals surface area contributed by atoms with Gasteiger partial charge >= 0.3 is 0 Å². The number of hydrazine groups is 1. The summed E-state index contributed by atoms with van der Waals surface area (Å²) in [5.74, 6) is -1.04. The Morgan fingerprint density at radius 1 is 1.12 bits per heavy atom. The van der Waals surface area contributed by atoms with Crippen LogP contribution in [-0.4, -0.2) is 31.1 Å². The van der Waals surface area contributed by atoms with E-state index in [-0.39, 0.29) is 5.75 Å². The molecule has 24 heavy (non-hydrogen) atoms. The second-order valence-electron chi connectivity index (χ2n) is 5.33. The average molecular weight is 414 g/mol. The number of carbonyl (C=O) groups is 2. The predicted molar refractivity (Wildman–Crippen MR) is 93.0 cm³/mol. The van der Waals surface area contributed by atoms with Crippen molar-refractivity contribution in [2.75, 3.05) is 6.26 Å². The molecule has 0 saturated carbocycles. The van der Waals surface area contributed by atoms with Crippen molar-refractivity contribution in [3.63, 3.8) is 0 Å². The highest BCUT2D eigenvalue weighted by atomic mass is 79.9. The van der Waals surface area contributed by atoms with Crippen LogP contribution >= 0.6 is 15.9 Å². The molecule has 2 rings (SSSR count). The highest BCUT2D eigenvalue weighted by Crippen LogP contribution is 2.13. The van der Waals surface area contributed by atoms with Gasteiger partial charge in [-0.2, -0.15) is 0 Å². The molecule has 1 aromatic carbocycles. The molecule has 2 N–H and O–H groups in total. The van der Waals surface area contributed by atoms with Crippen LogP contribution in [0, 0.1) is 0 Å². The second-order valence-corrected chi connectivity index (χ2v) is 8.39. The molecule has 1 aromatic heterocycles. The van der Waals surface area contributed by atoms with Gasteiger partial charge in [-0.05, 0) is 39.7 Å². The van der Waals surface area contributed by atoms with Crippen LogP contribution in [-0.2, 0) is 22.6 Å². The van der Waals surface area contributed by atoms with E-state index in [0.29, 0.717) is 16.8 Å². The second kappa shape index (κ2) is 7.18. The van der Waals surface area contributed by atoms with Crippen molar-refractivity contribution in [2.24, 2.45) is 7.05 Å². The number of amides is 2. The number of hydrogen-bond acceptors (Lipinski definition) is 4. The van der Waals surface area contributed by atoms with Gasteiger partial charge in [0.25, 0.3) is 11.8 Å². The fourth-order valence-corrected chi connectivity index (χ4v) is 3.38. The summed E-state index contributed by atoms with van der Waals surface area (Å²) in [6, 6.07) is 7.75. The smallest absolute Gasteiger partial charge is 0.286 e. The summed E-state index contributed by atoms with van der Waals surface area (Å²) < 4.78 is 24.8. The molecule has 1 heterocycles. The molecule has 0 spiro atoms. The van der Waals surface area contributed by atoms with Crippen LogP contribution in [0.1, 0.15) is 26.4 Å². The molecule has 128 valence electrons. The average Bonchev–Trinajstić information content (AvgIpc) is 2.82. The molecular formula is C15H16BrN3O4S. The van der Waals surface area contributed by atoms with Gasteiger partial charge in [0.1, 0.15) is 5.69 Å². The predicted octanol–water partition coefficient (Wildman–Crippen LogP) is 1.41. The molecule has 0 unspecified atom stereocenters. The number of aromatic nitrogens is 1. The van der Waals surface area contributed by atoms with Crippen molar-refractivity contribution < 1.29 is 18.0 Å². The molecule has 0 aliphatic carbocycles. The third-order valence-corrected chi connectivity index (χ3v) is 4.43. The lowest BCUT2D eigenvalue weighted by Gasteiger charge is -2.08. The Labute approximate surface area is 148 Å². The Bertz CT molecular complexity index is 873. The SMILES string of the molecule is Cn1cc(Br)cc1C(=O)NNC(=O)c1ccc(CS(C)(=O)=O)cc1. The standard InChI is InChI=1S/C15H16BrN3O4S/c1-19-8-12(16)7-13(19)15(21)18-17-14(20)11-5-3-10(4-6-11)9-24(2,22)23/h3-8H,9H2,1-2H3,(H,17,20)(H,18,21). The number of nitrogens with zero attached hydrogens (tertiary/aromatic N) is 1. The molecular weight excluding hydrogens is 398 g/mol. The number of benzene rings is 1. The molecule has 0 fully saturated rings. The number of rotatable bonds is 4. The summed E-state index contributed by atoms with van der Waals surface area (Å²) >= 11 is 3.26. The zero-order chi connectivity index (χ0) is 17.9. The molecule has 0 radical (unpaired) electrons. The molecule has 0 aliphatic rings. The summed E-state index contributed by atoms with van der Waals surface area (Å²) in [7, 11) is -1.42. The van der Waals surface area contributed by atoms with Crippen LogP contribution < -0.4 is 10.9 Å². The number of hydrogen-bond donors (Lipinski definition) is 2. The lowest BCUT2D eigenvalue weighted by Crippen LogP contribution is -2.42. The minimum absolute atomic E-state index is 0.0893. The zero-order valence-electron chi connectivity index (χ0n) is 13.0. The first-order chi connectivity index (χ1) is 11.2. The van der Waals surface area contributed by atoms with Gasteiger partial charge in [-0.3, -0.25) is 20.4 Å².